The van der Waals surface area contributed by atoms with Gasteiger partial charge >= 0.3 is 86.2 Å². The quantitative estimate of drug-likeness (QED) is 0.474. The van der Waals surface area contributed by atoms with Gasteiger partial charge in [0.25, 0.3) is 0 Å². The second kappa shape index (κ2) is 29.2. The van der Waals surface area contributed by atoms with Crippen molar-refractivity contribution in [2.45, 2.75) is 0 Å². The fourth-order valence-electron chi connectivity index (χ4n) is 0. The Morgan fingerprint density at radius 3 is 1.00 bits per heavy atom. The SMILES string of the molecule is [Mo+4].[Nb+5].[O-2].[Ti+4].[W+4]. The van der Waals surface area contributed by atoms with Crippen molar-refractivity contribution in [2.75, 3.05) is 0 Å². The van der Waals surface area contributed by atoms with Crippen molar-refractivity contribution in [3.63, 3.8) is 0 Å². The summed E-state index contributed by atoms with van der Waals surface area (Å²) in [6, 6.07) is 0. The second-order valence-electron chi connectivity index (χ2n) is 0. The van der Waals surface area contributed by atoms with Gasteiger partial charge in [0.15, 0.2) is 0 Å². The average Bonchev–Trinajstić information content (AvgIpc) is 0. The fourth-order valence-corrected chi connectivity index (χ4v) is 0. The molecule has 0 aliphatic heterocycles. The maximum Gasteiger partial charge on any atom is 5.00 e. The molecule has 0 aliphatic carbocycles. The molecule has 0 aromatic carbocycles. The molecule has 0 aromatic heterocycles. The van der Waals surface area contributed by atoms with Crippen LogP contribution in [0.1, 0.15) is 0 Å². The first-order valence-corrected chi connectivity index (χ1v) is 0. The Hall–Kier alpha value is 2.79. The first-order chi connectivity index (χ1) is 0. The van der Waals surface area contributed by atoms with Gasteiger partial charge in [-0.1, -0.05) is 0 Å². The van der Waals surface area contributed by atoms with Gasteiger partial charge < -0.3 is 5.48 Å². The number of hydrogen-bond acceptors (Lipinski definition) is 0. The van der Waals surface area contributed by atoms with E-state index in [2.05, 4.69) is 0 Å². The normalized spacial score (nSPS) is 0. The van der Waals surface area contributed by atoms with E-state index in [9.17, 15) is 0 Å². The Bertz CT molecular complexity index is 11.6. The summed E-state index contributed by atoms with van der Waals surface area (Å²) >= 11 is 0. The van der Waals surface area contributed by atoms with Crippen molar-refractivity contribution < 1.29 is 91.7 Å². The third-order valence-electron chi connectivity index (χ3n) is 0. The molecule has 0 atom stereocenters. The van der Waals surface area contributed by atoms with E-state index in [4.69, 9.17) is 0 Å². The van der Waals surface area contributed by atoms with E-state index in [-0.39, 0.29) is 91.7 Å². The van der Waals surface area contributed by atoms with Crippen LogP contribution in [0, 0.1) is 0 Å². The maximum atomic E-state index is 0. The Kier molecular flexibility index (Phi) is 270. The Morgan fingerprint density at radius 1 is 1.00 bits per heavy atom. The molecule has 0 heterocycles. The van der Waals surface area contributed by atoms with Crippen LogP contribution in [0.25, 0.3) is 0 Å². The van der Waals surface area contributed by atoms with Gasteiger partial charge in [-0.25, -0.2) is 0 Å². The van der Waals surface area contributed by atoms with E-state index in [1.807, 2.05) is 0 Å². The van der Waals surface area contributed by atoms with Crippen LogP contribution >= 0.6 is 0 Å². The van der Waals surface area contributed by atoms with Gasteiger partial charge in [0.05, 0.1) is 0 Å². The minimum atomic E-state index is 0. The molecule has 0 N–H and O–H groups in total. The van der Waals surface area contributed by atoms with E-state index in [0.29, 0.717) is 0 Å². The Morgan fingerprint density at radius 2 is 1.00 bits per heavy atom. The van der Waals surface area contributed by atoms with Crippen LogP contribution in [0.15, 0.2) is 0 Å². The van der Waals surface area contributed by atoms with E-state index < -0.39 is 0 Å². The predicted molar refractivity (Wildman–Crippen MR) is 0.686 cm³/mol. The number of rotatable bonds is 0. The summed E-state index contributed by atoms with van der Waals surface area (Å²) in [4.78, 5) is 0. The zero-order valence-electron chi connectivity index (χ0n) is 2.17. The van der Waals surface area contributed by atoms with Crippen LogP contribution in [-0.4, -0.2) is 0 Å². The maximum absolute atomic E-state index is 0. The van der Waals surface area contributed by atoms with Crippen LogP contribution in [0.3, 0.4) is 0 Å². The molecule has 0 fully saturated rings. The molecule has 12 valence electrons. The molecule has 0 radical (unpaired) electrons. The molecule has 0 saturated heterocycles. The molecule has 0 spiro atoms. The summed E-state index contributed by atoms with van der Waals surface area (Å²) in [5.74, 6) is 0. The first-order valence-electron chi connectivity index (χ1n) is 0. The van der Waals surface area contributed by atoms with E-state index in [0.717, 1.165) is 0 Å². The van der Waals surface area contributed by atoms with Crippen molar-refractivity contribution in [1.82, 2.24) is 0 Å². The van der Waals surface area contributed by atoms with E-state index >= 15 is 0 Å². The molecule has 5 heavy (non-hydrogen) atoms. The third-order valence-corrected chi connectivity index (χ3v) is 0. The summed E-state index contributed by atoms with van der Waals surface area (Å²) in [6.07, 6.45) is 0. The molecular weight excluding hydrogens is 437 g/mol. The van der Waals surface area contributed by atoms with Crippen molar-refractivity contribution in [3.8, 4) is 0 Å². The largest absolute Gasteiger partial charge is 5.00 e. The fraction of sp³-hybridized carbons (Fsp3) is 0. The predicted octanol–water partition coefficient (Wildman–Crippen LogP) is -0.129. The van der Waals surface area contributed by atoms with Gasteiger partial charge in [-0.2, -0.15) is 0 Å². The van der Waals surface area contributed by atoms with Gasteiger partial charge in [0.1, 0.15) is 0 Å². The van der Waals surface area contributed by atoms with Crippen LogP contribution < -0.4 is 0 Å². The minimum Gasteiger partial charge on any atom is -2.00 e. The summed E-state index contributed by atoms with van der Waals surface area (Å²) < 4.78 is 0. The van der Waals surface area contributed by atoms with Gasteiger partial charge in [-0.05, 0) is 0 Å². The van der Waals surface area contributed by atoms with E-state index in [1.54, 1.807) is 0 Å². The summed E-state index contributed by atoms with van der Waals surface area (Å²) in [7, 11) is 0. The number of hydrogen-bond donors (Lipinski definition) is 0. The molecule has 0 aromatic rings. The topological polar surface area (TPSA) is 28.5 Å². The molecule has 5 heteroatoms. The summed E-state index contributed by atoms with van der Waals surface area (Å²) in [5.41, 5.74) is 0. The van der Waals surface area contributed by atoms with Gasteiger partial charge in [-0.3, -0.25) is 0 Å². The Balaban J connectivity index is 0. The third kappa shape index (κ3) is 20.0. The zero-order chi connectivity index (χ0) is 0. The molecule has 0 unspecified atom stereocenters. The Labute approximate surface area is 90.3 Å². The average molecular weight is 437 g/mol. The molecule has 0 amide bonds. The van der Waals surface area contributed by atoms with E-state index in [1.165, 1.54) is 0 Å². The molecule has 0 rings (SSSR count). The van der Waals surface area contributed by atoms with Crippen molar-refractivity contribution in [1.29, 1.82) is 0 Å². The molecular formula is MoNbOTiW+15. The van der Waals surface area contributed by atoms with Gasteiger partial charge in [-0.15, -0.1) is 0 Å². The molecule has 1 nitrogen and oxygen atoms in total. The zero-order valence-corrected chi connectivity index (χ0v) is 10.9. The van der Waals surface area contributed by atoms with Crippen molar-refractivity contribution >= 4 is 0 Å². The van der Waals surface area contributed by atoms with Crippen molar-refractivity contribution in [2.24, 2.45) is 0 Å². The first kappa shape index (κ1) is 46.1. The van der Waals surface area contributed by atoms with Gasteiger partial charge in [0.2, 0.25) is 0 Å². The summed E-state index contributed by atoms with van der Waals surface area (Å²) in [6.45, 7) is 0. The second-order valence-corrected chi connectivity index (χ2v) is 0. The molecule has 0 saturated carbocycles. The van der Waals surface area contributed by atoms with Crippen LogP contribution in [0.2, 0.25) is 0 Å². The van der Waals surface area contributed by atoms with Crippen LogP contribution in [-0.2, 0) is 91.7 Å². The van der Waals surface area contributed by atoms with Crippen molar-refractivity contribution in [3.05, 3.63) is 0 Å². The van der Waals surface area contributed by atoms with Crippen LogP contribution in [0.5, 0.6) is 0 Å². The summed E-state index contributed by atoms with van der Waals surface area (Å²) in [5, 5.41) is 0. The standard InChI is InChI=1S/Mo.Nb.O.Ti.W/q+4;+5;-2;2*+4. The monoisotopic (exact) mass is 439 g/mol. The molecule has 0 bridgehead atoms. The minimum absolute atomic E-state index is 0. The van der Waals surface area contributed by atoms with Crippen LogP contribution in [0.4, 0.5) is 0 Å². The molecule has 0 aliphatic rings. The van der Waals surface area contributed by atoms with Gasteiger partial charge in [0, 0.05) is 0 Å². The smallest absolute Gasteiger partial charge is 2.00 e.